The van der Waals surface area contributed by atoms with Crippen LogP contribution in [-0.4, -0.2) is 14.5 Å². The molecular weight excluding hydrogens is 851 g/mol. The maximum atomic E-state index is 8.62. The monoisotopic (exact) mass is 907 g/mol. The number of aromatic nitrogens is 3. The molecule has 0 saturated heterocycles. The van der Waals surface area contributed by atoms with Gasteiger partial charge in [-0.15, -0.1) is 53.6 Å². The molecule has 0 saturated carbocycles. The number of furan rings is 1. The Kier molecular flexibility index (Phi) is 9.48. The summed E-state index contributed by atoms with van der Waals surface area (Å²) in [5.74, 6) is -1.18. The Balaban J connectivity index is 0.000000205. The number of imidazole rings is 1. The number of hydrogen-bond acceptors (Lipinski definition) is 3. The molecule has 281 valence electrons. The van der Waals surface area contributed by atoms with Crippen LogP contribution in [0.25, 0.3) is 61.4 Å². The number of hydrogen-bond donors (Lipinski definition) is 0. The molecule has 0 N–H and O–H groups in total. The first-order chi connectivity index (χ1) is 28.6. The van der Waals surface area contributed by atoms with Gasteiger partial charge in [-0.3, -0.25) is 4.98 Å². The van der Waals surface area contributed by atoms with E-state index < -0.39 is 30.4 Å². The number of fused-ring (bicyclic) bond motifs is 3. The molecule has 5 heteroatoms. The van der Waals surface area contributed by atoms with Gasteiger partial charge in [-0.25, -0.2) is 0 Å². The maximum Gasteiger partial charge on any atom is 0.120 e. The van der Waals surface area contributed by atoms with Crippen LogP contribution >= 0.6 is 0 Å². The Morgan fingerprint density at radius 2 is 1.55 bits per heavy atom. The summed E-state index contributed by atoms with van der Waals surface area (Å²) in [6.45, 7) is 10.9. The fraction of sp³-hybridized carbons (Fsp3) is 0.240. The van der Waals surface area contributed by atoms with Crippen molar-refractivity contribution in [2.24, 2.45) is 5.41 Å². The number of rotatable bonds is 7. The summed E-state index contributed by atoms with van der Waals surface area (Å²) in [5, 5.41) is 2.13. The Morgan fingerprint density at radius 1 is 0.800 bits per heavy atom. The van der Waals surface area contributed by atoms with Gasteiger partial charge in [0.15, 0.2) is 0 Å². The van der Waals surface area contributed by atoms with Crippen molar-refractivity contribution in [3.8, 4) is 39.5 Å². The molecule has 0 atom stereocenters. The average molecular weight is 907 g/mol. The summed E-state index contributed by atoms with van der Waals surface area (Å²) >= 11 is 0. The second-order valence-electron chi connectivity index (χ2n) is 14.9. The predicted molar refractivity (Wildman–Crippen MR) is 225 cm³/mol. The zero-order chi connectivity index (χ0) is 44.1. The molecule has 8 rings (SSSR count). The molecule has 4 nitrogen and oxygen atoms in total. The van der Waals surface area contributed by atoms with Gasteiger partial charge >= 0.3 is 0 Å². The first kappa shape index (κ1) is 31.1. The molecule has 0 spiro atoms. The molecule has 0 fully saturated rings. The molecule has 0 aliphatic heterocycles. The molecular formula is C50H49IrN3O-2. The number of nitrogens with zero attached hydrogens (tertiary/aromatic N) is 3. The summed E-state index contributed by atoms with van der Waals surface area (Å²) < 4.78 is 64.9. The predicted octanol–water partition coefficient (Wildman–Crippen LogP) is 13.6. The van der Waals surface area contributed by atoms with Crippen molar-refractivity contribution in [1.29, 1.82) is 0 Å². The van der Waals surface area contributed by atoms with E-state index in [1.165, 1.54) is 6.07 Å². The summed E-state index contributed by atoms with van der Waals surface area (Å²) in [6, 6.07) is 40.4. The van der Waals surface area contributed by atoms with Crippen LogP contribution in [0.4, 0.5) is 0 Å². The smallest absolute Gasteiger partial charge is 0.120 e. The first-order valence-electron chi connectivity index (χ1n) is 21.7. The van der Waals surface area contributed by atoms with Crippen molar-refractivity contribution < 1.29 is 34.1 Å². The zero-order valence-electron chi connectivity index (χ0n) is 39.2. The van der Waals surface area contributed by atoms with Gasteiger partial charge in [-0.1, -0.05) is 133 Å². The molecule has 8 aromatic rings. The van der Waals surface area contributed by atoms with E-state index in [2.05, 4.69) is 28.2 Å². The summed E-state index contributed by atoms with van der Waals surface area (Å²) in [4.78, 5) is 9.06. The van der Waals surface area contributed by atoms with Crippen LogP contribution in [-0.2, 0) is 26.5 Å². The van der Waals surface area contributed by atoms with E-state index in [4.69, 9.17) is 14.0 Å². The third-order valence-electron chi connectivity index (χ3n) is 9.14. The standard InChI is InChI=1S/C28H24NO.C22H25N2.Ir/c1-28(2,3)18-19-11-13-20(14-12-19)21-15-16-29-25(17-21)24-9-6-8-23-22-7-4-5-10-26(22)30-27(23)24;1-15(2)19-7-6-8-20(16(3)4)21(19)24-14-13-23-22(24)18-11-9-17(5)10-12-18;/h4-8,10-17H,18H2,1-3H3;6-11,13-16H,1-5H3;/q2*-1;/i18D2;5D3,15D,16D;. The van der Waals surface area contributed by atoms with Crippen molar-refractivity contribution in [3.05, 3.63) is 162 Å². The van der Waals surface area contributed by atoms with Crippen molar-refractivity contribution in [1.82, 2.24) is 14.5 Å². The minimum absolute atomic E-state index is 0. The Labute approximate surface area is 349 Å². The zero-order valence-corrected chi connectivity index (χ0v) is 34.6. The van der Waals surface area contributed by atoms with Crippen molar-refractivity contribution in [2.75, 3.05) is 0 Å². The van der Waals surface area contributed by atoms with Crippen molar-refractivity contribution in [2.45, 2.75) is 73.5 Å². The van der Waals surface area contributed by atoms with Crippen LogP contribution in [0, 0.1) is 24.4 Å². The number of para-hydroxylation sites is 2. The molecule has 3 heterocycles. The van der Waals surface area contributed by atoms with E-state index in [0.717, 1.165) is 61.1 Å². The minimum atomic E-state index is -2.19. The fourth-order valence-corrected chi connectivity index (χ4v) is 6.66. The van der Waals surface area contributed by atoms with Gasteiger partial charge in [0.25, 0.3) is 0 Å². The van der Waals surface area contributed by atoms with Crippen LogP contribution in [0.15, 0.2) is 132 Å². The molecule has 0 aliphatic carbocycles. The number of benzene rings is 5. The van der Waals surface area contributed by atoms with E-state index in [1.807, 2.05) is 138 Å². The Hall–Kier alpha value is -5.09. The maximum absolute atomic E-state index is 8.62. The molecule has 0 bridgehead atoms. The van der Waals surface area contributed by atoms with Gasteiger partial charge in [-0.05, 0) is 69.2 Å². The minimum Gasteiger partial charge on any atom is -0.501 e. The van der Waals surface area contributed by atoms with Crippen LogP contribution < -0.4 is 0 Å². The van der Waals surface area contributed by atoms with Gasteiger partial charge in [0.05, 0.1) is 11.4 Å². The molecule has 5 aromatic carbocycles. The van der Waals surface area contributed by atoms with Gasteiger partial charge in [0.1, 0.15) is 5.58 Å². The molecule has 55 heavy (non-hydrogen) atoms. The van der Waals surface area contributed by atoms with Gasteiger partial charge in [0.2, 0.25) is 0 Å². The summed E-state index contributed by atoms with van der Waals surface area (Å²) in [6.07, 6.45) is 3.85. The van der Waals surface area contributed by atoms with Crippen LogP contribution in [0.2, 0.25) is 0 Å². The molecule has 3 aromatic heterocycles. The van der Waals surface area contributed by atoms with E-state index in [1.54, 1.807) is 30.7 Å². The summed E-state index contributed by atoms with van der Waals surface area (Å²) in [7, 11) is 0. The van der Waals surface area contributed by atoms with Crippen LogP contribution in [0.5, 0.6) is 0 Å². The third-order valence-corrected chi connectivity index (χ3v) is 9.14. The van der Waals surface area contributed by atoms with Gasteiger partial charge < -0.3 is 14.0 Å². The normalized spacial score (nSPS) is 14.3. The second-order valence-corrected chi connectivity index (χ2v) is 14.9. The van der Waals surface area contributed by atoms with E-state index >= 15 is 0 Å². The fourth-order valence-electron chi connectivity index (χ4n) is 6.66. The Morgan fingerprint density at radius 3 is 2.22 bits per heavy atom. The molecule has 0 unspecified atom stereocenters. The third kappa shape index (κ3) is 8.75. The largest absolute Gasteiger partial charge is 0.501 e. The topological polar surface area (TPSA) is 43.9 Å². The summed E-state index contributed by atoms with van der Waals surface area (Å²) in [5.41, 5.74) is 8.68. The average Bonchev–Trinajstić information content (AvgIpc) is 3.85. The molecule has 0 aliphatic rings. The SMILES string of the molecule is [2H]C([2H])([2H])c1c[c-]c(-c2nccn2-c2c(C([2H])(C)C)cccc2C([2H])(C)C)cc1.[2H]C([2H])(c1ccc(-c2ccnc(-c3[c-]ccc4c3oc3ccccc34)c2)cc1)C(C)(C)C.[Ir]. The Bertz CT molecular complexity index is 2790. The van der Waals surface area contributed by atoms with E-state index in [0.29, 0.717) is 17.0 Å². The van der Waals surface area contributed by atoms with Crippen molar-refractivity contribution >= 4 is 21.9 Å². The number of aryl methyl sites for hydroxylation is 1. The van der Waals surface area contributed by atoms with Gasteiger partial charge in [-0.2, -0.15) is 0 Å². The van der Waals surface area contributed by atoms with E-state index in [-0.39, 0.29) is 25.7 Å². The van der Waals surface area contributed by atoms with E-state index in [9.17, 15) is 0 Å². The molecule has 0 amide bonds. The van der Waals surface area contributed by atoms with Crippen LogP contribution in [0.1, 0.15) is 92.1 Å². The second kappa shape index (κ2) is 16.7. The van der Waals surface area contributed by atoms with Crippen LogP contribution in [0.3, 0.4) is 0 Å². The van der Waals surface area contributed by atoms with Gasteiger partial charge in [0, 0.05) is 59.4 Å². The number of pyridine rings is 1. The molecule has 1 radical (unpaired) electrons. The first-order valence-corrected chi connectivity index (χ1v) is 18.2. The quantitative estimate of drug-likeness (QED) is 0.150. The van der Waals surface area contributed by atoms with Crippen molar-refractivity contribution in [3.63, 3.8) is 0 Å².